The molecule has 43 heavy (non-hydrogen) atoms. The van der Waals surface area contributed by atoms with Crippen molar-refractivity contribution >= 4 is 53.2 Å². The van der Waals surface area contributed by atoms with Crippen LogP contribution in [0.15, 0.2) is 0 Å². The third-order valence-corrected chi connectivity index (χ3v) is 5.88. The Morgan fingerprint density at radius 2 is 0.721 bits per heavy atom. The van der Waals surface area contributed by atoms with Gasteiger partial charge in [0.15, 0.2) is 0 Å². The van der Waals surface area contributed by atoms with Gasteiger partial charge in [0.2, 0.25) is 53.2 Å². The maximum Gasteiger partial charge on any atom is 0.242 e. The standard InChI is InChI=1S/C24H42N10O9/c1-29(10-17(36)27-8-16(26)35)21(40)15-34(6)24(43)13-32(4)20(39)9-28-18(37)11-30(2)22(41)14-33(5)23(42)12-31(3)19(38)7-25/h7-15,25H2,1-6H3,(H2,26,35)(H,27,36)(H,28,37). The van der Waals surface area contributed by atoms with Crippen LogP contribution in [0, 0.1) is 0 Å². The average Bonchev–Trinajstić information content (AvgIpc) is 2.93. The number of carbonyl (C=O) groups is 9. The molecule has 0 spiro atoms. The van der Waals surface area contributed by atoms with Gasteiger partial charge in [0.1, 0.15) is 0 Å². The number of nitrogens with zero attached hydrogens (tertiary/aromatic N) is 6. The van der Waals surface area contributed by atoms with Crippen molar-refractivity contribution in [2.24, 2.45) is 11.5 Å². The summed E-state index contributed by atoms with van der Waals surface area (Å²) in [5.41, 5.74) is 10.2. The third kappa shape index (κ3) is 15.1. The van der Waals surface area contributed by atoms with E-state index < -0.39 is 72.8 Å². The smallest absolute Gasteiger partial charge is 0.242 e. The summed E-state index contributed by atoms with van der Waals surface area (Å²) in [6.07, 6.45) is 0. The highest BCUT2D eigenvalue weighted by molar-refractivity contribution is 5.93. The summed E-state index contributed by atoms with van der Waals surface area (Å²) >= 11 is 0. The number of amides is 9. The number of nitrogens with one attached hydrogen (secondary N) is 2. The first-order valence-corrected chi connectivity index (χ1v) is 12.8. The van der Waals surface area contributed by atoms with Gasteiger partial charge < -0.3 is 51.5 Å². The van der Waals surface area contributed by atoms with Crippen LogP contribution in [0.2, 0.25) is 0 Å². The molecule has 0 rings (SSSR count). The number of hydrogen-bond donors (Lipinski definition) is 4. The lowest BCUT2D eigenvalue weighted by Crippen LogP contribution is -2.48. The van der Waals surface area contributed by atoms with Crippen LogP contribution in [-0.4, -0.2) is 184 Å². The van der Waals surface area contributed by atoms with E-state index in [0.717, 1.165) is 29.4 Å². The zero-order chi connectivity index (χ0) is 33.4. The Labute approximate surface area is 249 Å². The van der Waals surface area contributed by atoms with E-state index >= 15 is 0 Å². The molecular weight excluding hydrogens is 572 g/mol. The molecule has 0 atom stereocenters. The Hall–Kier alpha value is -4.81. The Bertz CT molecular complexity index is 1080. The van der Waals surface area contributed by atoms with Gasteiger partial charge in [0.25, 0.3) is 0 Å². The summed E-state index contributed by atoms with van der Waals surface area (Å²) in [6.45, 7) is -3.33. The second-order valence-electron chi connectivity index (χ2n) is 9.72. The van der Waals surface area contributed by atoms with E-state index in [2.05, 4.69) is 10.6 Å². The molecule has 19 nitrogen and oxygen atoms in total. The molecule has 0 aromatic rings. The fourth-order valence-corrected chi connectivity index (χ4v) is 3.02. The molecule has 242 valence electrons. The summed E-state index contributed by atoms with van der Waals surface area (Å²) in [6, 6.07) is 0. The summed E-state index contributed by atoms with van der Waals surface area (Å²) in [4.78, 5) is 114. The first-order valence-electron chi connectivity index (χ1n) is 12.8. The van der Waals surface area contributed by atoms with Gasteiger partial charge in [-0.3, -0.25) is 43.2 Å². The predicted octanol–water partition coefficient (Wildman–Crippen LogP) is -6.59. The van der Waals surface area contributed by atoms with Crippen molar-refractivity contribution in [2.45, 2.75) is 0 Å². The van der Waals surface area contributed by atoms with Crippen LogP contribution in [0.3, 0.4) is 0 Å². The largest absolute Gasteiger partial charge is 0.368 e. The Morgan fingerprint density at radius 3 is 1.05 bits per heavy atom. The van der Waals surface area contributed by atoms with Crippen LogP contribution in [0.25, 0.3) is 0 Å². The number of likely N-dealkylation sites (N-methyl/N-ethyl adjacent to an activating group) is 6. The van der Waals surface area contributed by atoms with Gasteiger partial charge in [-0.05, 0) is 0 Å². The minimum Gasteiger partial charge on any atom is -0.368 e. The molecule has 0 fully saturated rings. The van der Waals surface area contributed by atoms with Gasteiger partial charge >= 0.3 is 0 Å². The molecule has 0 aliphatic carbocycles. The van der Waals surface area contributed by atoms with E-state index in [1.165, 1.54) is 42.3 Å². The number of primary amides is 1. The highest BCUT2D eigenvalue weighted by Gasteiger charge is 2.23. The minimum atomic E-state index is -0.745. The van der Waals surface area contributed by atoms with Crippen molar-refractivity contribution in [3.05, 3.63) is 0 Å². The lowest BCUT2D eigenvalue weighted by Gasteiger charge is -2.25. The quantitative estimate of drug-likeness (QED) is 0.121. The van der Waals surface area contributed by atoms with Crippen LogP contribution in [0.4, 0.5) is 0 Å². The molecule has 0 saturated heterocycles. The summed E-state index contributed by atoms with van der Waals surface area (Å²) in [5, 5.41) is 4.57. The molecule has 0 aliphatic rings. The lowest BCUT2D eigenvalue weighted by molar-refractivity contribution is -0.143. The Balaban J connectivity index is 4.60. The molecule has 0 aliphatic heterocycles. The van der Waals surface area contributed by atoms with Gasteiger partial charge in [0, 0.05) is 42.3 Å². The zero-order valence-corrected chi connectivity index (χ0v) is 25.4. The van der Waals surface area contributed by atoms with E-state index in [1.807, 2.05) is 0 Å². The van der Waals surface area contributed by atoms with Crippen molar-refractivity contribution in [1.29, 1.82) is 0 Å². The third-order valence-electron chi connectivity index (χ3n) is 5.88. The highest BCUT2D eigenvalue weighted by Crippen LogP contribution is 1.96. The van der Waals surface area contributed by atoms with Crippen LogP contribution in [-0.2, 0) is 43.2 Å². The molecule has 0 heterocycles. The summed E-state index contributed by atoms with van der Waals surface area (Å²) in [7, 11) is 8.07. The van der Waals surface area contributed by atoms with E-state index in [4.69, 9.17) is 11.5 Å². The highest BCUT2D eigenvalue weighted by atomic mass is 16.2. The molecular formula is C24H42N10O9. The SMILES string of the molecule is CN(CC(=O)NCC(=O)N(C)CC(=O)N(C)CC(=O)N(C)CC(=O)NCC(N)=O)C(=O)CN(C)C(=O)CN(C)C(=O)CN. The van der Waals surface area contributed by atoms with Crippen LogP contribution < -0.4 is 22.1 Å². The first kappa shape index (κ1) is 38.2. The van der Waals surface area contributed by atoms with Gasteiger partial charge in [-0.15, -0.1) is 0 Å². The maximum atomic E-state index is 12.5. The first-order chi connectivity index (χ1) is 19.9. The van der Waals surface area contributed by atoms with Crippen molar-refractivity contribution in [2.75, 3.05) is 101 Å². The van der Waals surface area contributed by atoms with Crippen LogP contribution >= 0.6 is 0 Å². The second-order valence-corrected chi connectivity index (χ2v) is 9.72. The van der Waals surface area contributed by atoms with E-state index in [1.54, 1.807) is 0 Å². The average molecular weight is 615 g/mol. The second kappa shape index (κ2) is 18.6. The zero-order valence-electron chi connectivity index (χ0n) is 25.4. The van der Waals surface area contributed by atoms with Crippen molar-refractivity contribution in [3.63, 3.8) is 0 Å². The fraction of sp³-hybridized carbons (Fsp3) is 0.625. The lowest BCUT2D eigenvalue weighted by atomic mass is 10.3. The van der Waals surface area contributed by atoms with E-state index in [0.29, 0.717) is 0 Å². The van der Waals surface area contributed by atoms with Gasteiger partial charge in [-0.1, -0.05) is 0 Å². The number of nitrogens with two attached hydrogens (primary N) is 2. The monoisotopic (exact) mass is 614 g/mol. The predicted molar refractivity (Wildman–Crippen MR) is 150 cm³/mol. The molecule has 0 unspecified atom stereocenters. The van der Waals surface area contributed by atoms with Crippen molar-refractivity contribution in [1.82, 2.24) is 40.0 Å². The minimum absolute atomic E-state index is 0.264. The van der Waals surface area contributed by atoms with Gasteiger partial charge in [-0.2, -0.15) is 0 Å². The molecule has 0 aromatic heterocycles. The van der Waals surface area contributed by atoms with E-state index in [9.17, 15) is 43.2 Å². The molecule has 19 heteroatoms. The van der Waals surface area contributed by atoms with Gasteiger partial charge in [0.05, 0.1) is 58.9 Å². The molecule has 0 radical (unpaired) electrons. The maximum absolute atomic E-state index is 12.5. The molecule has 6 N–H and O–H groups in total. The summed E-state index contributed by atoms with van der Waals surface area (Å²) in [5.74, 6) is -5.34. The normalized spacial score (nSPS) is 10.1. The Kier molecular flexibility index (Phi) is 16.5. The number of hydrogen-bond acceptors (Lipinski definition) is 10. The van der Waals surface area contributed by atoms with Crippen LogP contribution in [0.5, 0.6) is 0 Å². The van der Waals surface area contributed by atoms with Crippen LogP contribution in [0.1, 0.15) is 0 Å². The molecule has 9 amide bonds. The molecule has 0 saturated carbocycles. The fourth-order valence-electron chi connectivity index (χ4n) is 3.02. The molecule has 0 aromatic carbocycles. The van der Waals surface area contributed by atoms with Crippen molar-refractivity contribution in [3.8, 4) is 0 Å². The van der Waals surface area contributed by atoms with E-state index in [-0.39, 0.29) is 39.3 Å². The van der Waals surface area contributed by atoms with Crippen molar-refractivity contribution < 1.29 is 43.2 Å². The topological polar surface area (TPSA) is 249 Å². The summed E-state index contributed by atoms with van der Waals surface area (Å²) < 4.78 is 0. The Morgan fingerprint density at radius 1 is 0.442 bits per heavy atom. The molecule has 0 bridgehead atoms. The van der Waals surface area contributed by atoms with Gasteiger partial charge in [-0.25, -0.2) is 0 Å². The number of carbonyl (C=O) groups excluding carboxylic acids is 9. The number of rotatable bonds is 17.